The average Bonchev–Trinajstić information content (AvgIpc) is 2.73. The molecule has 1 heterocycles. The Morgan fingerprint density at radius 2 is 1.94 bits per heavy atom. The summed E-state index contributed by atoms with van der Waals surface area (Å²) in [6.45, 7) is 4.95. The summed E-state index contributed by atoms with van der Waals surface area (Å²) in [7, 11) is 0. The van der Waals surface area contributed by atoms with Gasteiger partial charge in [0.1, 0.15) is 5.52 Å². The summed E-state index contributed by atoms with van der Waals surface area (Å²) in [5.74, 6) is 0. The van der Waals surface area contributed by atoms with Gasteiger partial charge in [-0.15, -0.1) is 5.10 Å². The Kier molecular flexibility index (Phi) is 2.92. The summed E-state index contributed by atoms with van der Waals surface area (Å²) in [6.07, 6.45) is 1.88. The molecule has 1 aromatic carbocycles. The Bertz CT molecular complexity index is 471. The Morgan fingerprint density at radius 1 is 1.25 bits per heavy atom. The zero-order valence-corrected chi connectivity index (χ0v) is 9.85. The first-order valence-electron chi connectivity index (χ1n) is 5.75. The van der Waals surface area contributed by atoms with Gasteiger partial charge in [0.15, 0.2) is 0 Å². The lowest BCUT2D eigenvalue weighted by Crippen LogP contribution is -2.43. The topological polar surface area (TPSA) is 56.7 Å². The van der Waals surface area contributed by atoms with Crippen LogP contribution in [0.15, 0.2) is 24.3 Å². The SMILES string of the molecule is CCC(N)(CC)Cn1nnc2ccccc21. The molecule has 1 aromatic heterocycles. The van der Waals surface area contributed by atoms with Crippen LogP contribution in [0.3, 0.4) is 0 Å². The second-order valence-corrected chi connectivity index (χ2v) is 4.31. The quantitative estimate of drug-likeness (QED) is 0.853. The Labute approximate surface area is 95.4 Å². The van der Waals surface area contributed by atoms with Crippen LogP contribution >= 0.6 is 0 Å². The highest BCUT2D eigenvalue weighted by Gasteiger charge is 2.22. The number of para-hydroxylation sites is 1. The minimum absolute atomic E-state index is 0.184. The first kappa shape index (κ1) is 11.1. The number of rotatable bonds is 4. The highest BCUT2D eigenvalue weighted by Crippen LogP contribution is 2.17. The van der Waals surface area contributed by atoms with Crippen LogP contribution in [-0.4, -0.2) is 20.5 Å². The first-order valence-corrected chi connectivity index (χ1v) is 5.75. The number of nitrogens with zero attached hydrogens (tertiary/aromatic N) is 3. The van der Waals surface area contributed by atoms with Crippen molar-refractivity contribution in [3.8, 4) is 0 Å². The summed E-state index contributed by atoms with van der Waals surface area (Å²) in [4.78, 5) is 0. The average molecular weight is 218 g/mol. The summed E-state index contributed by atoms with van der Waals surface area (Å²) < 4.78 is 1.91. The maximum Gasteiger partial charge on any atom is 0.113 e. The molecule has 0 amide bonds. The van der Waals surface area contributed by atoms with Crippen LogP contribution in [0.4, 0.5) is 0 Å². The van der Waals surface area contributed by atoms with Crippen LogP contribution in [0.25, 0.3) is 11.0 Å². The largest absolute Gasteiger partial charge is 0.324 e. The van der Waals surface area contributed by atoms with Crippen molar-refractivity contribution >= 4 is 11.0 Å². The van der Waals surface area contributed by atoms with Crippen LogP contribution in [0.1, 0.15) is 26.7 Å². The summed E-state index contributed by atoms with van der Waals surface area (Å²) in [5.41, 5.74) is 8.09. The van der Waals surface area contributed by atoms with E-state index in [9.17, 15) is 0 Å². The molecule has 0 bridgehead atoms. The smallest absolute Gasteiger partial charge is 0.113 e. The molecule has 16 heavy (non-hydrogen) atoms. The molecular weight excluding hydrogens is 200 g/mol. The number of nitrogens with two attached hydrogens (primary N) is 1. The van der Waals surface area contributed by atoms with E-state index in [0.29, 0.717) is 0 Å². The van der Waals surface area contributed by atoms with E-state index < -0.39 is 0 Å². The number of hydrogen-bond acceptors (Lipinski definition) is 3. The molecule has 2 rings (SSSR count). The van der Waals surface area contributed by atoms with Gasteiger partial charge in [0.2, 0.25) is 0 Å². The zero-order valence-electron chi connectivity index (χ0n) is 9.85. The molecule has 0 saturated carbocycles. The van der Waals surface area contributed by atoms with E-state index in [0.717, 1.165) is 30.4 Å². The molecule has 2 aromatic rings. The van der Waals surface area contributed by atoms with E-state index in [1.54, 1.807) is 0 Å². The lowest BCUT2D eigenvalue weighted by atomic mass is 9.94. The van der Waals surface area contributed by atoms with Crippen LogP contribution < -0.4 is 5.73 Å². The minimum atomic E-state index is -0.184. The van der Waals surface area contributed by atoms with Crippen molar-refractivity contribution in [3.05, 3.63) is 24.3 Å². The van der Waals surface area contributed by atoms with Crippen LogP contribution in [0.2, 0.25) is 0 Å². The molecule has 0 aliphatic rings. The predicted octanol–water partition coefficient (Wildman–Crippen LogP) is 1.95. The number of fused-ring (bicyclic) bond motifs is 1. The van der Waals surface area contributed by atoms with Crippen molar-refractivity contribution in [2.24, 2.45) is 5.73 Å². The maximum atomic E-state index is 6.29. The Balaban J connectivity index is 2.34. The van der Waals surface area contributed by atoms with Gasteiger partial charge in [-0.1, -0.05) is 31.2 Å². The van der Waals surface area contributed by atoms with Gasteiger partial charge in [0.05, 0.1) is 12.1 Å². The lowest BCUT2D eigenvalue weighted by molar-refractivity contribution is 0.325. The number of hydrogen-bond donors (Lipinski definition) is 1. The van der Waals surface area contributed by atoms with Gasteiger partial charge >= 0.3 is 0 Å². The van der Waals surface area contributed by atoms with E-state index in [1.165, 1.54) is 0 Å². The fourth-order valence-corrected chi connectivity index (χ4v) is 1.81. The van der Waals surface area contributed by atoms with E-state index in [4.69, 9.17) is 5.73 Å². The normalized spacial score (nSPS) is 12.2. The second-order valence-electron chi connectivity index (χ2n) is 4.31. The molecule has 0 atom stereocenters. The van der Waals surface area contributed by atoms with Crippen LogP contribution in [0.5, 0.6) is 0 Å². The maximum absolute atomic E-state index is 6.29. The van der Waals surface area contributed by atoms with E-state index in [-0.39, 0.29) is 5.54 Å². The van der Waals surface area contributed by atoms with Gasteiger partial charge in [0.25, 0.3) is 0 Å². The molecule has 2 N–H and O–H groups in total. The first-order chi connectivity index (χ1) is 7.68. The summed E-state index contributed by atoms with van der Waals surface area (Å²) in [5, 5.41) is 8.29. The fraction of sp³-hybridized carbons (Fsp3) is 0.500. The standard InChI is InChI=1S/C12H18N4/c1-3-12(13,4-2)9-16-11-8-6-5-7-10(11)14-15-16/h5-8H,3-4,9,13H2,1-2H3. The van der Waals surface area contributed by atoms with Crippen molar-refractivity contribution in [2.45, 2.75) is 38.8 Å². The molecular formula is C12H18N4. The Morgan fingerprint density at radius 3 is 2.62 bits per heavy atom. The van der Waals surface area contributed by atoms with E-state index in [1.807, 2.05) is 28.9 Å². The number of benzene rings is 1. The summed E-state index contributed by atoms with van der Waals surface area (Å²) >= 11 is 0. The van der Waals surface area contributed by atoms with Gasteiger partial charge in [-0.3, -0.25) is 0 Å². The molecule has 0 radical (unpaired) electrons. The van der Waals surface area contributed by atoms with Crippen molar-refractivity contribution in [3.63, 3.8) is 0 Å². The Hall–Kier alpha value is -1.42. The van der Waals surface area contributed by atoms with Gasteiger partial charge in [0, 0.05) is 5.54 Å². The molecule has 4 nitrogen and oxygen atoms in total. The molecule has 4 heteroatoms. The van der Waals surface area contributed by atoms with Crippen molar-refractivity contribution < 1.29 is 0 Å². The van der Waals surface area contributed by atoms with E-state index >= 15 is 0 Å². The zero-order chi connectivity index (χ0) is 11.6. The molecule has 86 valence electrons. The van der Waals surface area contributed by atoms with Gasteiger partial charge in [-0.25, -0.2) is 4.68 Å². The third-order valence-corrected chi connectivity index (χ3v) is 3.29. The lowest BCUT2D eigenvalue weighted by Gasteiger charge is -2.26. The van der Waals surface area contributed by atoms with Gasteiger partial charge in [-0.05, 0) is 25.0 Å². The molecule has 0 saturated heterocycles. The number of aromatic nitrogens is 3. The van der Waals surface area contributed by atoms with Crippen molar-refractivity contribution in [1.29, 1.82) is 0 Å². The highest BCUT2D eigenvalue weighted by molar-refractivity contribution is 5.73. The van der Waals surface area contributed by atoms with Crippen molar-refractivity contribution in [1.82, 2.24) is 15.0 Å². The third kappa shape index (κ3) is 1.93. The van der Waals surface area contributed by atoms with E-state index in [2.05, 4.69) is 24.2 Å². The fourth-order valence-electron chi connectivity index (χ4n) is 1.81. The minimum Gasteiger partial charge on any atom is -0.324 e. The molecule has 0 fully saturated rings. The molecule has 0 unspecified atom stereocenters. The van der Waals surface area contributed by atoms with Gasteiger partial charge < -0.3 is 5.73 Å². The summed E-state index contributed by atoms with van der Waals surface area (Å²) in [6, 6.07) is 7.96. The third-order valence-electron chi connectivity index (χ3n) is 3.29. The predicted molar refractivity (Wildman–Crippen MR) is 65.0 cm³/mol. The van der Waals surface area contributed by atoms with Crippen LogP contribution in [0, 0.1) is 0 Å². The molecule has 0 spiro atoms. The second kappa shape index (κ2) is 4.22. The van der Waals surface area contributed by atoms with Crippen LogP contribution in [-0.2, 0) is 6.54 Å². The monoisotopic (exact) mass is 218 g/mol. The van der Waals surface area contributed by atoms with Crippen molar-refractivity contribution in [2.75, 3.05) is 0 Å². The molecule has 0 aliphatic heterocycles. The van der Waals surface area contributed by atoms with Gasteiger partial charge in [-0.2, -0.15) is 0 Å². The highest BCUT2D eigenvalue weighted by atomic mass is 15.4. The molecule has 0 aliphatic carbocycles.